The van der Waals surface area contributed by atoms with Crippen molar-refractivity contribution in [1.82, 2.24) is 9.55 Å². The van der Waals surface area contributed by atoms with Crippen molar-refractivity contribution in [3.8, 4) is 0 Å². The lowest BCUT2D eigenvalue weighted by atomic mass is 10.2. The van der Waals surface area contributed by atoms with Crippen LogP contribution in [-0.4, -0.2) is 21.1 Å². The molecule has 0 unspecified atom stereocenters. The van der Waals surface area contributed by atoms with Gasteiger partial charge in [0.05, 0.1) is 5.75 Å². The smallest absolute Gasteiger partial charge is 0.174 e. The van der Waals surface area contributed by atoms with Crippen LogP contribution < -0.4 is 0 Å². The van der Waals surface area contributed by atoms with E-state index in [1.54, 1.807) is 18.3 Å². The number of carbonyl (C=O) groups excluding carboxylic acids is 1. The van der Waals surface area contributed by atoms with E-state index in [1.165, 1.54) is 35.2 Å². The number of Topliss-reactive ketones (excluding diaryl/α,β-unsaturated/α-hetero) is 1. The standard InChI is InChI=1S/C18H17FN2OS2/c1-12-9-16(17(22)11-24-18-20-7-8-23-18)13(2)21(12)10-14-3-5-15(19)6-4-14/h3-9H,10-11H2,1-2H3. The summed E-state index contributed by atoms with van der Waals surface area (Å²) in [7, 11) is 0. The number of thioether (sulfide) groups is 1. The first-order chi connectivity index (χ1) is 11.5. The van der Waals surface area contributed by atoms with Gasteiger partial charge in [-0.1, -0.05) is 23.9 Å². The summed E-state index contributed by atoms with van der Waals surface area (Å²) in [4.78, 5) is 16.7. The molecule has 0 amide bonds. The lowest BCUT2D eigenvalue weighted by Crippen LogP contribution is -2.07. The van der Waals surface area contributed by atoms with E-state index in [0.717, 1.165) is 26.9 Å². The molecule has 6 heteroatoms. The Kier molecular flexibility index (Phi) is 5.16. The van der Waals surface area contributed by atoms with Gasteiger partial charge >= 0.3 is 0 Å². The summed E-state index contributed by atoms with van der Waals surface area (Å²) in [6.45, 7) is 4.57. The largest absolute Gasteiger partial charge is 0.344 e. The molecule has 2 heterocycles. The Morgan fingerprint density at radius 3 is 2.71 bits per heavy atom. The van der Waals surface area contributed by atoms with Crippen molar-refractivity contribution < 1.29 is 9.18 Å². The predicted octanol–water partition coefficient (Wildman–Crippen LogP) is 4.72. The number of ketones is 1. The molecule has 124 valence electrons. The summed E-state index contributed by atoms with van der Waals surface area (Å²) in [5.41, 5.74) is 3.73. The maximum absolute atomic E-state index is 13.0. The highest BCUT2D eigenvalue weighted by atomic mass is 32.2. The summed E-state index contributed by atoms with van der Waals surface area (Å²) in [5, 5.41) is 1.90. The topological polar surface area (TPSA) is 34.9 Å². The van der Waals surface area contributed by atoms with Gasteiger partial charge in [0.15, 0.2) is 5.78 Å². The van der Waals surface area contributed by atoms with Gasteiger partial charge in [0.25, 0.3) is 0 Å². The van der Waals surface area contributed by atoms with E-state index in [4.69, 9.17) is 0 Å². The van der Waals surface area contributed by atoms with Crippen molar-refractivity contribution in [3.63, 3.8) is 0 Å². The Labute approximate surface area is 148 Å². The van der Waals surface area contributed by atoms with Crippen LogP contribution in [0.15, 0.2) is 46.2 Å². The zero-order valence-electron chi connectivity index (χ0n) is 13.5. The molecule has 3 aromatic rings. The van der Waals surface area contributed by atoms with Crippen LogP contribution in [0.5, 0.6) is 0 Å². The summed E-state index contributed by atoms with van der Waals surface area (Å²) in [6.07, 6.45) is 1.74. The molecule has 0 aliphatic heterocycles. The number of carbonyl (C=O) groups is 1. The molecule has 0 fully saturated rings. The Balaban J connectivity index is 1.75. The fourth-order valence-electron chi connectivity index (χ4n) is 2.59. The molecule has 3 rings (SSSR count). The first-order valence-electron chi connectivity index (χ1n) is 7.51. The Bertz CT molecular complexity index is 839. The average molecular weight is 360 g/mol. The van der Waals surface area contributed by atoms with Gasteiger partial charge in [-0.05, 0) is 37.6 Å². The predicted molar refractivity (Wildman–Crippen MR) is 96.6 cm³/mol. The first kappa shape index (κ1) is 16.9. The van der Waals surface area contributed by atoms with Gasteiger partial charge < -0.3 is 4.57 Å². The van der Waals surface area contributed by atoms with Crippen LogP contribution in [0.2, 0.25) is 0 Å². The summed E-state index contributed by atoms with van der Waals surface area (Å²) >= 11 is 3.01. The molecule has 0 spiro atoms. The van der Waals surface area contributed by atoms with E-state index in [0.29, 0.717) is 12.3 Å². The third kappa shape index (κ3) is 3.76. The second-order valence-electron chi connectivity index (χ2n) is 5.51. The maximum Gasteiger partial charge on any atom is 0.174 e. The lowest BCUT2D eigenvalue weighted by molar-refractivity contribution is 0.102. The van der Waals surface area contributed by atoms with E-state index in [1.807, 2.05) is 25.3 Å². The van der Waals surface area contributed by atoms with Crippen LogP contribution in [0.4, 0.5) is 4.39 Å². The van der Waals surface area contributed by atoms with Crippen LogP contribution >= 0.6 is 23.1 Å². The fourth-order valence-corrected chi connectivity index (χ4v) is 4.11. The van der Waals surface area contributed by atoms with Gasteiger partial charge in [-0.15, -0.1) is 11.3 Å². The first-order valence-corrected chi connectivity index (χ1v) is 9.38. The van der Waals surface area contributed by atoms with Gasteiger partial charge in [0.2, 0.25) is 0 Å². The number of halogens is 1. The van der Waals surface area contributed by atoms with Crippen molar-refractivity contribution in [1.29, 1.82) is 0 Å². The van der Waals surface area contributed by atoms with Crippen LogP contribution in [0.1, 0.15) is 27.3 Å². The maximum atomic E-state index is 13.0. The van der Waals surface area contributed by atoms with E-state index in [2.05, 4.69) is 9.55 Å². The molecular formula is C18H17FN2OS2. The number of rotatable bonds is 6. The van der Waals surface area contributed by atoms with Crippen molar-refractivity contribution in [2.45, 2.75) is 24.7 Å². The van der Waals surface area contributed by atoms with E-state index in [9.17, 15) is 9.18 Å². The molecule has 0 aliphatic carbocycles. The number of nitrogens with zero attached hydrogens (tertiary/aromatic N) is 2. The van der Waals surface area contributed by atoms with E-state index >= 15 is 0 Å². The Hall–Kier alpha value is -1.92. The van der Waals surface area contributed by atoms with Gasteiger partial charge in [-0.3, -0.25) is 4.79 Å². The number of hydrogen-bond acceptors (Lipinski definition) is 4. The van der Waals surface area contributed by atoms with Crippen LogP contribution in [0, 0.1) is 19.7 Å². The molecule has 24 heavy (non-hydrogen) atoms. The summed E-state index contributed by atoms with van der Waals surface area (Å²) < 4.78 is 16.0. The molecule has 0 N–H and O–H groups in total. The van der Waals surface area contributed by atoms with Gasteiger partial charge in [0.1, 0.15) is 10.2 Å². The second kappa shape index (κ2) is 7.32. The molecule has 0 bridgehead atoms. The molecule has 2 aromatic heterocycles. The Morgan fingerprint density at radius 1 is 1.29 bits per heavy atom. The molecular weight excluding hydrogens is 343 g/mol. The molecule has 0 saturated carbocycles. The molecule has 0 aliphatic rings. The van der Waals surface area contributed by atoms with Crippen LogP contribution in [0.3, 0.4) is 0 Å². The minimum Gasteiger partial charge on any atom is -0.344 e. The van der Waals surface area contributed by atoms with Crippen molar-refractivity contribution >= 4 is 28.9 Å². The number of thiazole rings is 1. The highest BCUT2D eigenvalue weighted by Gasteiger charge is 2.16. The Morgan fingerprint density at radius 2 is 2.04 bits per heavy atom. The quantitative estimate of drug-likeness (QED) is 0.471. The summed E-state index contributed by atoms with van der Waals surface area (Å²) in [5.74, 6) is 0.248. The van der Waals surface area contributed by atoms with E-state index in [-0.39, 0.29) is 11.6 Å². The molecule has 0 radical (unpaired) electrons. The highest BCUT2D eigenvalue weighted by molar-refractivity contribution is 8.01. The highest BCUT2D eigenvalue weighted by Crippen LogP contribution is 2.24. The van der Waals surface area contributed by atoms with E-state index < -0.39 is 0 Å². The zero-order chi connectivity index (χ0) is 17.1. The second-order valence-corrected chi connectivity index (χ2v) is 7.62. The van der Waals surface area contributed by atoms with Crippen LogP contribution in [-0.2, 0) is 6.54 Å². The number of benzene rings is 1. The number of aromatic nitrogens is 2. The summed E-state index contributed by atoms with van der Waals surface area (Å²) in [6, 6.07) is 8.39. The van der Waals surface area contributed by atoms with Crippen molar-refractivity contribution in [2.24, 2.45) is 0 Å². The van der Waals surface area contributed by atoms with Gasteiger partial charge in [0, 0.05) is 35.1 Å². The third-order valence-electron chi connectivity index (χ3n) is 3.86. The van der Waals surface area contributed by atoms with Crippen LogP contribution in [0.25, 0.3) is 0 Å². The molecule has 1 aromatic carbocycles. The average Bonchev–Trinajstić information content (AvgIpc) is 3.18. The lowest BCUT2D eigenvalue weighted by Gasteiger charge is -2.10. The zero-order valence-corrected chi connectivity index (χ0v) is 15.1. The van der Waals surface area contributed by atoms with Crippen molar-refractivity contribution in [3.05, 3.63) is 70.2 Å². The minimum absolute atomic E-state index is 0.105. The monoisotopic (exact) mass is 360 g/mol. The molecule has 3 nitrogen and oxygen atoms in total. The molecule has 0 atom stereocenters. The van der Waals surface area contributed by atoms with Gasteiger partial charge in [-0.25, -0.2) is 9.37 Å². The number of hydrogen-bond donors (Lipinski definition) is 0. The SMILES string of the molecule is Cc1cc(C(=O)CSc2nccs2)c(C)n1Cc1ccc(F)cc1. The van der Waals surface area contributed by atoms with Crippen molar-refractivity contribution in [2.75, 3.05) is 5.75 Å². The molecule has 0 saturated heterocycles. The minimum atomic E-state index is -0.241. The third-order valence-corrected chi connectivity index (χ3v) is 5.83. The fraction of sp³-hybridized carbons (Fsp3) is 0.222. The number of aryl methyl sites for hydroxylation is 1. The normalized spacial score (nSPS) is 11.0. The van der Waals surface area contributed by atoms with Gasteiger partial charge in [-0.2, -0.15) is 0 Å².